The van der Waals surface area contributed by atoms with Gasteiger partial charge in [-0.05, 0) is 31.7 Å². The maximum Gasteiger partial charge on any atom is 0.231 e. The Morgan fingerprint density at radius 3 is 2.88 bits per heavy atom. The Hall–Kier alpha value is -1.55. The summed E-state index contributed by atoms with van der Waals surface area (Å²) in [5.74, 6) is 1.44. The van der Waals surface area contributed by atoms with E-state index in [0.29, 0.717) is 17.1 Å². The fraction of sp³-hybridized carbons (Fsp3) is 0.417. The van der Waals surface area contributed by atoms with E-state index in [4.69, 9.17) is 9.47 Å². The molecular formula is C12H15NO3. The molecule has 1 atom stereocenters. The second-order valence-corrected chi connectivity index (χ2v) is 3.68. The lowest BCUT2D eigenvalue weighted by molar-refractivity contribution is 0.0944. The second kappa shape index (κ2) is 4.53. The highest BCUT2D eigenvalue weighted by molar-refractivity contribution is 6.00. The Morgan fingerprint density at radius 2 is 2.19 bits per heavy atom. The van der Waals surface area contributed by atoms with Crippen LogP contribution in [-0.2, 0) is 0 Å². The quantitative estimate of drug-likeness (QED) is 0.784. The zero-order chi connectivity index (χ0) is 11.5. The van der Waals surface area contributed by atoms with Crippen molar-refractivity contribution in [1.29, 1.82) is 0 Å². The first-order chi connectivity index (χ1) is 7.76. The van der Waals surface area contributed by atoms with Gasteiger partial charge < -0.3 is 14.8 Å². The molecule has 0 fully saturated rings. The Labute approximate surface area is 94.6 Å². The van der Waals surface area contributed by atoms with E-state index >= 15 is 0 Å². The molecule has 0 aromatic heterocycles. The fourth-order valence-corrected chi connectivity index (χ4v) is 1.77. The van der Waals surface area contributed by atoms with Crippen molar-refractivity contribution in [2.45, 2.75) is 19.4 Å². The van der Waals surface area contributed by atoms with Gasteiger partial charge in [0.05, 0.1) is 6.04 Å². The molecule has 4 heteroatoms. The van der Waals surface area contributed by atoms with Gasteiger partial charge in [0.15, 0.2) is 17.3 Å². The van der Waals surface area contributed by atoms with Crippen LogP contribution < -0.4 is 14.8 Å². The summed E-state index contributed by atoms with van der Waals surface area (Å²) in [4.78, 5) is 12.0. The van der Waals surface area contributed by atoms with Crippen LogP contribution in [0.15, 0.2) is 18.2 Å². The molecule has 1 N–H and O–H groups in total. The van der Waals surface area contributed by atoms with Crippen LogP contribution >= 0.6 is 0 Å². The summed E-state index contributed by atoms with van der Waals surface area (Å²) in [5, 5.41) is 3.00. The Kier molecular flexibility index (Phi) is 3.10. The molecule has 0 bridgehead atoms. The van der Waals surface area contributed by atoms with Crippen molar-refractivity contribution < 1.29 is 14.3 Å². The maximum atomic E-state index is 12.0. The van der Waals surface area contributed by atoms with Crippen LogP contribution in [0.1, 0.15) is 23.7 Å². The number of rotatable bonds is 4. The number of Topliss-reactive ketones (excluding diaryl/α,β-unsaturated/α-hetero) is 1. The van der Waals surface area contributed by atoms with E-state index in [1.54, 1.807) is 25.2 Å². The lowest BCUT2D eigenvalue weighted by Crippen LogP contribution is -2.33. The topological polar surface area (TPSA) is 47.6 Å². The van der Waals surface area contributed by atoms with E-state index in [2.05, 4.69) is 5.32 Å². The summed E-state index contributed by atoms with van der Waals surface area (Å²) in [7, 11) is 1.79. The number of hydrogen-bond acceptors (Lipinski definition) is 4. The van der Waals surface area contributed by atoms with Crippen LogP contribution in [0.25, 0.3) is 0 Å². The summed E-state index contributed by atoms with van der Waals surface area (Å²) in [5.41, 5.74) is 0.658. The van der Waals surface area contributed by atoms with Gasteiger partial charge in [-0.25, -0.2) is 0 Å². The Bertz CT molecular complexity index is 399. The van der Waals surface area contributed by atoms with Crippen molar-refractivity contribution >= 4 is 5.78 Å². The van der Waals surface area contributed by atoms with Crippen molar-refractivity contribution in [1.82, 2.24) is 5.32 Å². The van der Waals surface area contributed by atoms with E-state index < -0.39 is 0 Å². The highest BCUT2D eigenvalue weighted by atomic mass is 16.7. The third-order valence-electron chi connectivity index (χ3n) is 2.73. The number of hydrogen-bond donors (Lipinski definition) is 1. The van der Waals surface area contributed by atoms with E-state index in [1.165, 1.54) is 0 Å². The van der Waals surface area contributed by atoms with Gasteiger partial charge in [-0.15, -0.1) is 0 Å². The molecule has 0 saturated heterocycles. The smallest absolute Gasteiger partial charge is 0.231 e. The van der Waals surface area contributed by atoms with Gasteiger partial charge in [-0.1, -0.05) is 6.92 Å². The Balaban J connectivity index is 2.24. The molecule has 1 aromatic rings. The number of ether oxygens (including phenoxy) is 2. The third kappa shape index (κ3) is 1.88. The minimum Gasteiger partial charge on any atom is -0.454 e. The Morgan fingerprint density at radius 1 is 1.44 bits per heavy atom. The summed E-state index contributed by atoms with van der Waals surface area (Å²) < 4.78 is 10.4. The molecule has 1 aliphatic rings. The van der Waals surface area contributed by atoms with Crippen molar-refractivity contribution in [2.75, 3.05) is 13.8 Å². The molecule has 16 heavy (non-hydrogen) atoms. The number of likely N-dealkylation sites (N-methyl/N-ethyl adjacent to an activating group) is 1. The molecule has 0 spiro atoms. The molecular weight excluding hydrogens is 206 g/mol. The maximum absolute atomic E-state index is 12.0. The van der Waals surface area contributed by atoms with E-state index in [-0.39, 0.29) is 18.6 Å². The van der Waals surface area contributed by atoms with Gasteiger partial charge in [0.2, 0.25) is 6.79 Å². The molecule has 1 heterocycles. The largest absolute Gasteiger partial charge is 0.454 e. The predicted octanol–water partition coefficient (Wildman–Crippen LogP) is 1.60. The lowest BCUT2D eigenvalue weighted by Gasteiger charge is -2.12. The SMILES string of the molecule is CCC(NC)C(=O)c1ccc2c(c1)OCO2. The van der Waals surface area contributed by atoms with Gasteiger partial charge in [0.1, 0.15) is 0 Å². The normalized spacial score (nSPS) is 14.9. The number of carbonyl (C=O) groups excluding carboxylic acids is 1. The van der Waals surface area contributed by atoms with Crippen LogP contribution in [0, 0.1) is 0 Å². The monoisotopic (exact) mass is 221 g/mol. The van der Waals surface area contributed by atoms with Crippen LogP contribution in [0.4, 0.5) is 0 Å². The summed E-state index contributed by atoms with van der Waals surface area (Å²) in [6.07, 6.45) is 0.768. The highest BCUT2D eigenvalue weighted by Gasteiger charge is 2.20. The molecule has 0 radical (unpaired) electrons. The molecule has 0 aliphatic carbocycles. The van der Waals surface area contributed by atoms with Gasteiger partial charge in [-0.2, -0.15) is 0 Å². The molecule has 0 amide bonds. The van der Waals surface area contributed by atoms with E-state index in [9.17, 15) is 4.79 Å². The number of nitrogens with one attached hydrogen (secondary N) is 1. The minimum atomic E-state index is -0.139. The first-order valence-corrected chi connectivity index (χ1v) is 5.37. The zero-order valence-corrected chi connectivity index (χ0v) is 9.45. The minimum absolute atomic E-state index is 0.0864. The van der Waals surface area contributed by atoms with Crippen molar-refractivity contribution in [3.8, 4) is 11.5 Å². The van der Waals surface area contributed by atoms with Gasteiger partial charge in [0.25, 0.3) is 0 Å². The van der Waals surface area contributed by atoms with Gasteiger partial charge in [0, 0.05) is 5.56 Å². The third-order valence-corrected chi connectivity index (χ3v) is 2.73. The van der Waals surface area contributed by atoms with Crippen molar-refractivity contribution in [2.24, 2.45) is 0 Å². The van der Waals surface area contributed by atoms with Gasteiger partial charge in [-0.3, -0.25) is 4.79 Å². The first kappa shape index (κ1) is 11.0. The molecule has 86 valence electrons. The van der Waals surface area contributed by atoms with Gasteiger partial charge >= 0.3 is 0 Å². The lowest BCUT2D eigenvalue weighted by atomic mass is 10.0. The standard InChI is InChI=1S/C12H15NO3/c1-3-9(13-2)12(14)8-4-5-10-11(6-8)16-7-15-10/h4-6,9,13H,3,7H2,1-2H3. The molecule has 1 aliphatic heterocycles. The second-order valence-electron chi connectivity index (χ2n) is 3.68. The summed E-state index contributed by atoms with van der Waals surface area (Å²) in [6.45, 7) is 2.21. The molecule has 0 saturated carbocycles. The predicted molar refractivity (Wildman–Crippen MR) is 60.0 cm³/mol. The van der Waals surface area contributed by atoms with E-state index in [1.807, 2.05) is 6.92 Å². The zero-order valence-electron chi connectivity index (χ0n) is 9.45. The number of ketones is 1. The van der Waals surface area contributed by atoms with Crippen molar-refractivity contribution in [3.05, 3.63) is 23.8 Å². The summed E-state index contributed by atoms with van der Waals surface area (Å²) >= 11 is 0. The molecule has 1 unspecified atom stereocenters. The highest BCUT2D eigenvalue weighted by Crippen LogP contribution is 2.32. The molecule has 2 rings (SSSR count). The first-order valence-electron chi connectivity index (χ1n) is 5.37. The van der Waals surface area contributed by atoms with Crippen LogP contribution in [0.3, 0.4) is 0 Å². The van der Waals surface area contributed by atoms with Crippen LogP contribution in [0.2, 0.25) is 0 Å². The number of carbonyl (C=O) groups is 1. The molecule has 1 aromatic carbocycles. The molecule has 4 nitrogen and oxygen atoms in total. The average molecular weight is 221 g/mol. The van der Waals surface area contributed by atoms with Crippen LogP contribution in [-0.4, -0.2) is 25.7 Å². The average Bonchev–Trinajstić information content (AvgIpc) is 2.77. The number of fused-ring (bicyclic) bond motifs is 1. The van der Waals surface area contributed by atoms with E-state index in [0.717, 1.165) is 6.42 Å². The summed E-state index contributed by atoms with van der Waals surface area (Å²) in [6, 6.07) is 5.15. The number of benzene rings is 1. The van der Waals surface area contributed by atoms with Crippen LogP contribution in [0.5, 0.6) is 11.5 Å². The van der Waals surface area contributed by atoms with Crippen molar-refractivity contribution in [3.63, 3.8) is 0 Å². The fourth-order valence-electron chi connectivity index (χ4n) is 1.77.